The van der Waals surface area contributed by atoms with Crippen molar-refractivity contribution in [3.63, 3.8) is 0 Å². The summed E-state index contributed by atoms with van der Waals surface area (Å²) in [6, 6.07) is 9.15. The average molecular weight is 327 g/mol. The quantitative estimate of drug-likeness (QED) is 0.850. The van der Waals surface area contributed by atoms with Crippen LogP contribution in [-0.4, -0.2) is 48.1 Å². The van der Waals surface area contributed by atoms with E-state index in [9.17, 15) is 9.59 Å². The predicted molar refractivity (Wildman–Crippen MR) is 84.9 cm³/mol. The molecule has 4 rings (SSSR count). The normalized spacial score (nSPS) is 17.3. The van der Waals surface area contributed by atoms with Gasteiger partial charge in [0.15, 0.2) is 6.61 Å². The average Bonchev–Trinajstić information content (AvgIpc) is 2.95. The lowest BCUT2D eigenvalue weighted by atomic mass is 9.96. The van der Waals surface area contributed by atoms with E-state index in [0.717, 1.165) is 11.5 Å². The Morgan fingerprint density at radius 2 is 2.12 bits per heavy atom. The van der Waals surface area contributed by atoms with E-state index in [-0.39, 0.29) is 30.9 Å². The Hall–Kier alpha value is -2.83. The molecule has 1 fully saturated rings. The number of hydrogen-bond donors (Lipinski definition) is 0. The van der Waals surface area contributed by atoms with Gasteiger partial charge >= 0.3 is 0 Å². The minimum atomic E-state index is -0.203. The van der Waals surface area contributed by atoms with E-state index >= 15 is 0 Å². The summed E-state index contributed by atoms with van der Waals surface area (Å²) in [5, 5.41) is 4.00. The number of anilines is 1. The van der Waals surface area contributed by atoms with Gasteiger partial charge in [0, 0.05) is 25.1 Å². The Morgan fingerprint density at radius 3 is 2.88 bits per heavy atom. The Balaban J connectivity index is 1.41. The molecule has 2 aliphatic heterocycles. The van der Waals surface area contributed by atoms with Crippen LogP contribution in [0.3, 0.4) is 0 Å². The van der Waals surface area contributed by atoms with Gasteiger partial charge in [0.05, 0.1) is 11.4 Å². The van der Waals surface area contributed by atoms with Gasteiger partial charge < -0.3 is 14.2 Å². The van der Waals surface area contributed by atoms with Gasteiger partial charge in [-0.1, -0.05) is 17.3 Å². The van der Waals surface area contributed by atoms with Crippen molar-refractivity contribution in [1.82, 2.24) is 10.1 Å². The van der Waals surface area contributed by atoms with Gasteiger partial charge in [-0.05, 0) is 19.1 Å². The molecule has 124 valence electrons. The maximum absolute atomic E-state index is 12.5. The number of amides is 2. The van der Waals surface area contributed by atoms with Crippen LogP contribution in [0.25, 0.3) is 0 Å². The molecule has 0 spiro atoms. The molecular formula is C17H17N3O4. The fourth-order valence-electron chi connectivity index (χ4n) is 3.01. The van der Waals surface area contributed by atoms with E-state index in [1.165, 1.54) is 4.90 Å². The number of benzene rings is 1. The standard InChI is InChI=1S/C17H17N3O4/c1-11-6-13(18-24-11)12-7-19(8-12)16(21)9-20-14-4-2-3-5-15(14)23-10-17(20)22/h2-6,12H,7-10H2,1H3. The van der Waals surface area contributed by atoms with Gasteiger partial charge in [0.1, 0.15) is 18.1 Å². The predicted octanol–water partition coefficient (Wildman–Crippen LogP) is 1.33. The molecule has 0 saturated carbocycles. The number of carbonyl (C=O) groups excluding carboxylic acids is 2. The van der Waals surface area contributed by atoms with Gasteiger partial charge in [0.2, 0.25) is 5.91 Å². The highest BCUT2D eigenvalue weighted by atomic mass is 16.5. The molecule has 2 aliphatic rings. The number of hydrogen-bond acceptors (Lipinski definition) is 5. The Kier molecular flexibility index (Phi) is 3.48. The van der Waals surface area contributed by atoms with E-state index in [0.29, 0.717) is 24.5 Å². The first-order chi connectivity index (χ1) is 11.6. The molecular weight excluding hydrogens is 310 g/mol. The van der Waals surface area contributed by atoms with Crippen LogP contribution in [0, 0.1) is 6.92 Å². The molecule has 2 amide bonds. The maximum Gasteiger partial charge on any atom is 0.265 e. The highest BCUT2D eigenvalue weighted by Crippen LogP contribution is 2.32. The number of ether oxygens (including phenoxy) is 1. The molecule has 7 nitrogen and oxygen atoms in total. The van der Waals surface area contributed by atoms with Crippen LogP contribution in [0.5, 0.6) is 5.75 Å². The number of aryl methyl sites for hydroxylation is 1. The van der Waals surface area contributed by atoms with Crippen molar-refractivity contribution in [3.05, 3.63) is 41.8 Å². The third-order valence-corrected chi connectivity index (χ3v) is 4.40. The molecule has 24 heavy (non-hydrogen) atoms. The summed E-state index contributed by atoms with van der Waals surface area (Å²) in [5.74, 6) is 1.33. The Morgan fingerprint density at radius 1 is 1.33 bits per heavy atom. The summed E-state index contributed by atoms with van der Waals surface area (Å²) in [5.41, 5.74) is 1.52. The number of carbonyl (C=O) groups is 2. The molecule has 3 heterocycles. The van der Waals surface area contributed by atoms with E-state index in [1.807, 2.05) is 25.1 Å². The monoisotopic (exact) mass is 327 g/mol. The van der Waals surface area contributed by atoms with Crippen molar-refractivity contribution >= 4 is 17.5 Å². The first-order valence-corrected chi connectivity index (χ1v) is 7.85. The second kappa shape index (κ2) is 5.67. The van der Waals surface area contributed by atoms with Crippen molar-refractivity contribution in [1.29, 1.82) is 0 Å². The lowest BCUT2D eigenvalue weighted by Crippen LogP contribution is -2.53. The molecule has 0 bridgehead atoms. The summed E-state index contributed by atoms with van der Waals surface area (Å²) in [7, 11) is 0. The topological polar surface area (TPSA) is 75.9 Å². The summed E-state index contributed by atoms with van der Waals surface area (Å²) in [6.45, 7) is 3.05. The molecule has 0 aliphatic carbocycles. The summed E-state index contributed by atoms with van der Waals surface area (Å²) in [6.07, 6.45) is 0. The lowest BCUT2D eigenvalue weighted by molar-refractivity contribution is -0.135. The molecule has 7 heteroatoms. The van der Waals surface area contributed by atoms with E-state index in [1.54, 1.807) is 17.0 Å². The number of aromatic nitrogens is 1. The maximum atomic E-state index is 12.5. The van der Waals surface area contributed by atoms with Crippen LogP contribution < -0.4 is 9.64 Å². The Labute approximate surface area is 138 Å². The van der Waals surface area contributed by atoms with E-state index in [2.05, 4.69) is 5.16 Å². The van der Waals surface area contributed by atoms with Gasteiger partial charge in [-0.2, -0.15) is 0 Å². The van der Waals surface area contributed by atoms with Gasteiger partial charge in [-0.25, -0.2) is 0 Å². The van der Waals surface area contributed by atoms with Gasteiger partial charge in [0.25, 0.3) is 5.91 Å². The number of para-hydroxylation sites is 2. The first-order valence-electron chi connectivity index (χ1n) is 7.85. The third-order valence-electron chi connectivity index (χ3n) is 4.40. The second-order valence-electron chi connectivity index (χ2n) is 6.09. The van der Waals surface area contributed by atoms with Crippen molar-refractivity contribution in [2.75, 3.05) is 31.1 Å². The zero-order chi connectivity index (χ0) is 16.7. The number of fused-ring (bicyclic) bond motifs is 1. The molecule has 1 saturated heterocycles. The summed E-state index contributed by atoms with van der Waals surface area (Å²) < 4.78 is 10.5. The van der Waals surface area contributed by atoms with Crippen LogP contribution >= 0.6 is 0 Å². The number of nitrogens with zero attached hydrogens (tertiary/aromatic N) is 3. The van der Waals surface area contributed by atoms with Crippen LogP contribution in [0.2, 0.25) is 0 Å². The number of likely N-dealkylation sites (tertiary alicyclic amines) is 1. The smallest absolute Gasteiger partial charge is 0.265 e. The van der Waals surface area contributed by atoms with Crippen LogP contribution in [-0.2, 0) is 9.59 Å². The molecule has 1 aromatic heterocycles. The summed E-state index contributed by atoms with van der Waals surface area (Å²) >= 11 is 0. The highest BCUT2D eigenvalue weighted by molar-refractivity contribution is 6.02. The van der Waals surface area contributed by atoms with Crippen molar-refractivity contribution < 1.29 is 18.8 Å². The second-order valence-corrected chi connectivity index (χ2v) is 6.09. The van der Waals surface area contributed by atoms with Gasteiger partial charge in [-0.3, -0.25) is 14.5 Å². The molecule has 0 radical (unpaired) electrons. The summed E-state index contributed by atoms with van der Waals surface area (Å²) in [4.78, 5) is 27.8. The lowest BCUT2D eigenvalue weighted by Gasteiger charge is -2.39. The van der Waals surface area contributed by atoms with Crippen molar-refractivity contribution in [2.45, 2.75) is 12.8 Å². The minimum absolute atomic E-state index is 0.0315. The third kappa shape index (κ3) is 2.51. The SMILES string of the molecule is Cc1cc(C2CN(C(=O)CN3C(=O)COc4ccccc43)C2)no1. The number of rotatable bonds is 3. The first kappa shape index (κ1) is 14.7. The van der Waals surface area contributed by atoms with Crippen LogP contribution in [0.1, 0.15) is 17.4 Å². The zero-order valence-electron chi connectivity index (χ0n) is 13.3. The van der Waals surface area contributed by atoms with Gasteiger partial charge in [-0.15, -0.1) is 0 Å². The van der Waals surface area contributed by atoms with E-state index in [4.69, 9.17) is 9.26 Å². The van der Waals surface area contributed by atoms with Crippen LogP contribution in [0.4, 0.5) is 5.69 Å². The molecule has 0 N–H and O–H groups in total. The molecule has 0 atom stereocenters. The molecule has 1 aromatic carbocycles. The Bertz CT molecular complexity index is 795. The van der Waals surface area contributed by atoms with Crippen molar-refractivity contribution in [3.8, 4) is 5.75 Å². The molecule has 2 aromatic rings. The zero-order valence-corrected chi connectivity index (χ0v) is 13.3. The largest absolute Gasteiger partial charge is 0.482 e. The van der Waals surface area contributed by atoms with Crippen molar-refractivity contribution in [2.24, 2.45) is 0 Å². The fourth-order valence-corrected chi connectivity index (χ4v) is 3.01. The minimum Gasteiger partial charge on any atom is -0.482 e. The van der Waals surface area contributed by atoms with E-state index < -0.39 is 0 Å². The molecule has 0 unspecified atom stereocenters. The fraction of sp³-hybridized carbons (Fsp3) is 0.353. The van der Waals surface area contributed by atoms with Crippen LogP contribution in [0.15, 0.2) is 34.9 Å². The highest BCUT2D eigenvalue weighted by Gasteiger charge is 2.36.